The Labute approximate surface area is 170 Å². The number of alkyl halides is 3. The summed E-state index contributed by atoms with van der Waals surface area (Å²) >= 11 is 0. The maximum Gasteiger partial charge on any atom is 0.422 e. The number of nitrogens with one attached hydrogen (secondary N) is 1. The Kier molecular flexibility index (Phi) is 7.99. The third-order valence-electron chi connectivity index (χ3n) is 4.05. The molecule has 1 unspecified atom stereocenters. The number of likely N-dealkylation sites (N-methyl/N-ethyl adjacent to an activating group) is 1. The second-order valence-electron chi connectivity index (χ2n) is 6.56. The molecule has 164 valence electrons. The minimum Gasteiger partial charge on any atom is -0.480 e. The molecule has 30 heavy (non-hydrogen) atoms. The normalized spacial score (nSPS) is 12.5. The number of rotatable bonds is 9. The van der Waals surface area contributed by atoms with Crippen molar-refractivity contribution in [1.82, 2.24) is 10.2 Å². The molecule has 0 saturated carbocycles. The van der Waals surface area contributed by atoms with Gasteiger partial charge in [-0.15, -0.1) is 0 Å². The molecule has 0 aliphatic heterocycles. The van der Waals surface area contributed by atoms with E-state index in [9.17, 15) is 26.7 Å². The van der Waals surface area contributed by atoms with E-state index in [0.29, 0.717) is 0 Å². The first-order valence-corrected chi connectivity index (χ1v) is 8.87. The first-order chi connectivity index (χ1) is 14.1. The average molecular weight is 432 g/mol. The summed E-state index contributed by atoms with van der Waals surface area (Å²) in [5.74, 6) is -2.31. The zero-order valence-corrected chi connectivity index (χ0v) is 16.3. The van der Waals surface area contributed by atoms with Crippen molar-refractivity contribution in [3.05, 3.63) is 59.7 Å². The van der Waals surface area contributed by atoms with E-state index in [0.717, 1.165) is 12.1 Å². The van der Waals surface area contributed by atoms with Gasteiger partial charge in [0.05, 0.1) is 6.04 Å². The number of carbonyl (C=O) groups is 1. The lowest BCUT2D eigenvalue weighted by molar-refractivity contribution is -0.153. The maximum atomic E-state index is 14.1. The van der Waals surface area contributed by atoms with Crippen LogP contribution in [-0.4, -0.2) is 50.8 Å². The van der Waals surface area contributed by atoms with E-state index in [1.807, 2.05) is 0 Å². The number of nitrogens with zero attached hydrogens (tertiary/aromatic N) is 1. The van der Waals surface area contributed by atoms with Gasteiger partial charge in [-0.2, -0.15) is 13.2 Å². The van der Waals surface area contributed by atoms with Gasteiger partial charge in [0.2, 0.25) is 0 Å². The van der Waals surface area contributed by atoms with Gasteiger partial charge in [-0.05, 0) is 38.4 Å². The van der Waals surface area contributed by atoms with Crippen LogP contribution in [0.4, 0.5) is 22.0 Å². The molecule has 2 rings (SSSR count). The lowest BCUT2D eigenvalue weighted by atomic mass is 10.0. The van der Waals surface area contributed by atoms with E-state index >= 15 is 0 Å². The largest absolute Gasteiger partial charge is 0.480 e. The number of para-hydroxylation sites is 2. The molecule has 0 spiro atoms. The molecular formula is C20H21F5N2O3. The summed E-state index contributed by atoms with van der Waals surface area (Å²) in [5, 5.41) is 2.50. The van der Waals surface area contributed by atoms with Crippen molar-refractivity contribution in [1.29, 1.82) is 0 Å². The number of ether oxygens (including phenoxy) is 2. The Morgan fingerprint density at radius 1 is 1.00 bits per heavy atom. The summed E-state index contributed by atoms with van der Waals surface area (Å²) in [5.41, 5.74) is -0.186. The standard InChI is InChI=1S/C20H21F5N2O3/c1-27(2)15(19-13(21)6-5-7-14(19)22)10-26-18(28)11-29-16-8-3-4-9-17(16)30-12-20(23,24)25/h3-9,15H,10-12H2,1-2H3,(H,26,28). The van der Waals surface area contributed by atoms with Crippen LogP contribution in [-0.2, 0) is 4.79 Å². The van der Waals surface area contributed by atoms with Crippen molar-refractivity contribution in [2.24, 2.45) is 0 Å². The Balaban J connectivity index is 1.96. The van der Waals surface area contributed by atoms with Crippen molar-refractivity contribution in [3.63, 3.8) is 0 Å². The second-order valence-corrected chi connectivity index (χ2v) is 6.56. The second kappa shape index (κ2) is 10.2. The van der Waals surface area contributed by atoms with Gasteiger partial charge in [0, 0.05) is 12.1 Å². The van der Waals surface area contributed by atoms with Gasteiger partial charge < -0.3 is 19.7 Å². The molecule has 0 radical (unpaired) electrons. The van der Waals surface area contributed by atoms with Gasteiger partial charge in [0.1, 0.15) is 11.6 Å². The molecule has 10 heteroatoms. The first-order valence-electron chi connectivity index (χ1n) is 8.87. The lowest BCUT2D eigenvalue weighted by Crippen LogP contribution is -2.37. The first kappa shape index (κ1) is 23.4. The van der Waals surface area contributed by atoms with E-state index in [-0.39, 0.29) is 23.6 Å². The van der Waals surface area contributed by atoms with Crippen molar-refractivity contribution >= 4 is 5.91 Å². The molecule has 1 atom stereocenters. The SMILES string of the molecule is CN(C)C(CNC(=O)COc1ccccc1OCC(F)(F)F)c1c(F)cccc1F. The Hall–Kier alpha value is -2.88. The predicted molar refractivity (Wildman–Crippen MR) is 99.3 cm³/mol. The summed E-state index contributed by atoms with van der Waals surface area (Å²) in [4.78, 5) is 13.7. The molecule has 2 aromatic carbocycles. The number of amides is 1. The van der Waals surface area contributed by atoms with E-state index in [1.165, 1.54) is 30.3 Å². The highest BCUT2D eigenvalue weighted by atomic mass is 19.4. The summed E-state index contributed by atoms with van der Waals surface area (Å²) in [6.45, 7) is -2.14. The molecule has 0 saturated heterocycles. The molecule has 2 aromatic rings. The molecule has 1 amide bonds. The number of hydrogen-bond donors (Lipinski definition) is 1. The molecule has 5 nitrogen and oxygen atoms in total. The number of carbonyl (C=O) groups excluding carboxylic acids is 1. The van der Waals surface area contributed by atoms with Crippen molar-refractivity contribution < 1.29 is 36.2 Å². The number of benzene rings is 2. The fraction of sp³-hybridized carbons (Fsp3) is 0.350. The Bertz CT molecular complexity index is 838. The highest BCUT2D eigenvalue weighted by molar-refractivity contribution is 5.77. The van der Waals surface area contributed by atoms with Crippen LogP contribution in [0.5, 0.6) is 11.5 Å². The van der Waals surface area contributed by atoms with Gasteiger partial charge >= 0.3 is 6.18 Å². The van der Waals surface area contributed by atoms with Crippen LogP contribution in [0.1, 0.15) is 11.6 Å². The van der Waals surface area contributed by atoms with E-state index in [1.54, 1.807) is 19.0 Å². The van der Waals surface area contributed by atoms with Crippen LogP contribution >= 0.6 is 0 Å². The van der Waals surface area contributed by atoms with Crippen LogP contribution < -0.4 is 14.8 Å². The molecule has 0 aromatic heterocycles. The minimum atomic E-state index is -4.52. The topological polar surface area (TPSA) is 50.8 Å². The zero-order chi connectivity index (χ0) is 22.3. The van der Waals surface area contributed by atoms with Gasteiger partial charge in [-0.1, -0.05) is 18.2 Å². The average Bonchev–Trinajstić information content (AvgIpc) is 2.66. The van der Waals surface area contributed by atoms with E-state index < -0.39 is 43.0 Å². The van der Waals surface area contributed by atoms with Gasteiger partial charge in [0.15, 0.2) is 24.7 Å². The molecule has 0 fully saturated rings. The third-order valence-corrected chi connectivity index (χ3v) is 4.05. The summed E-state index contributed by atoms with van der Waals surface area (Å²) in [6.07, 6.45) is -4.52. The van der Waals surface area contributed by atoms with Crippen molar-refractivity contribution in [3.8, 4) is 11.5 Å². The minimum absolute atomic E-state index is 0.0405. The molecule has 0 bridgehead atoms. The van der Waals surface area contributed by atoms with Crippen molar-refractivity contribution in [2.45, 2.75) is 12.2 Å². The molecule has 1 N–H and O–H groups in total. The van der Waals surface area contributed by atoms with Crippen LogP contribution in [0.3, 0.4) is 0 Å². The highest BCUT2D eigenvalue weighted by Gasteiger charge is 2.29. The van der Waals surface area contributed by atoms with Crippen LogP contribution in [0.25, 0.3) is 0 Å². The molecule has 0 aliphatic rings. The monoisotopic (exact) mass is 432 g/mol. The van der Waals surface area contributed by atoms with Crippen LogP contribution in [0.15, 0.2) is 42.5 Å². The third kappa shape index (κ3) is 6.87. The van der Waals surface area contributed by atoms with E-state index in [2.05, 4.69) is 10.1 Å². The van der Waals surface area contributed by atoms with E-state index in [4.69, 9.17) is 4.74 Å². The highest BCUT2D eigenvalue weighted by Crippen LogP contribution is 2.28. The molecule has 0 heterocycles. The van der Waals surface area contributed by atoms with Crippen LogP contribution in [0, 0.1) is 11.6 Å². The van der Waals surface area contributed by atoms with Gasteiger partial charge in [-0.3, -0.25) is 4.79 Å². The summed E-state index contributed by atoms with van der Waals surface area (Å²) in [6, 6.07) is 8.32. The molecular weight excluding hydrogens is 411 g/mol. The summed E-state index contributed by atoms with van der Waals surface area (Å²) < 4.78 is 75.0. The van der Waals surface area contributed by atoms with Gasteiger partial charge in [0.25, 0.3) is 5.91 Å². The predicted octanol–water partition coefficient (Wildman–Crippen LogP) is 3.70. The Morgan fingerprint density at radius 3 is 2.10 bits per heavy atom. The van der Waals surface area contributed by atoms with Crippen molar-refractivity contribution in [2.75, 3.05) is 33.9 Å². The van der Waals surface area contributed by atoms with Gasteiger partial charge in [-0.25, -0.2) is 8.78 Å². The fourth-order valence-corrected chi connectivity index (χ4v) is 2.62. The smallest absolute Gasteiger partial charge is 0.422 e. The summed E-state index contributed by atoms with van der Waals surface area (Å²) in [7, 11) is 3.21. The maximum absolute atomic E-state index is 14.1. The number of halogens is 5. The Morgan fingerprint density at radius 2 is 1.57 bits per heavy atom. The zero-order valence-electron chi connectivity index (χ0n) is 16.3. The molecule has 0 aliphatic carbocycles. The fourth-order valence-electron chi connectivity index (χ4n) is 2.62. The van der Waals surface area contributed by atoms with Crippen LogP contribution in [0.2, 0.25) is 0 Å². The lowest BCUT2D eigenvalue weighted by Gasteiger charge is -2.25. The number of hydrogen-bond acceptors (Lipinski definition) is 4. The quantitative estimate of drug-likeness (QED) is 0.614.